The molecule has 0 bridgehead atoms. The Morgan fingerprint density at radius 1 is 1.24 bits per heavy atom. The predicted octanol–water partition coefficient (Wildman–Crippen LogP) is 4.07. The molecule has 1 heterocycles. The van der Waals surface area contributed by atoms with Gasteiger partial charge in [0.05, 0.1) is 11.4 Å². The van der Waals surface area contributed by atoms with Gasteiger partial charge in [-0.05, 0) is 35.9 Å². The molecule has 0 radical (unpaired) electrons. The van der Waals surface area contributed by atoms with Gasteiger partial charge in [0.15, 0.2) is 5.16 Å². The second-order valence-corrected chi connectivity index (χ2v) is 6.63. The van der Waals surface area contributed by atoms with Crippen molar-refractivity contribution in [3.63, 3.8) is 0 Å². The molecule has 3 rings (SSSR count). The number of aromatic nitrogens is 2. The number of rotatable bonds is 6. The first-order chi connectivity index (χ1) is 12.1. The van der Waals surface area contributed by atoms with Crippen LogP contribution in [-0.4, -0.2) is 21.2 Å². The van der Waals surface area contributed by atoms with Crippen LogP contribution in [0.4, 0.5) is 4.39 Å². The molecule has 1 aromatic heterocycles. The zero-order chi connectivity index (χ0) is 17.6. The molecule has 0 unspecified atom stereocenters. The normalized spacial score (nSPS) is 10.6. The van der Waals surface area contributed by atoms with Crippen LogP contribution in [0.1, 0.15) is 5.56 Å². The zero-order valence-electron chi connectivity index (χ0n) is 13.2. The van der Waals surface area contributed by atoms with Gasteiger partial charge in [0.2, 0.25) is 5.91 Å². The van der Waals surface area contributed by atoms with Gasteiger partial charge in [-0.1, -0.05) is 41.6 Å². The molecule has 0 spiro atoms. The third kappa shape index (κ3) is 4.84. The molecule has 2 aromatic carbocycles. The minimum Gasteiger partial charge on any atom is -0.351 e. The van der Waals surface area contributed by atoms with E-state index in [2.05, 4.69) is 10.3 Å². The lowest BCUT2D eigenvalue weighted by atomic mass is 10.2. The van der Waals surface area contributed by atoms with Crippen LogP contribution in [-0.2, 0) is 11.3 Å². The van der Waals surface area contributed by atoms with E-state index in [1.165, 1.54) is 23.9 Å². The Kier molecular flexibility index (Phi) is 5.73. The Hall–Kier alpha value is -2.31. The lowest BCUT2D eigenvalue weighted by Gasteiger charge is -2.08. The molecule has 1 N–H and O–H groups in total. The van der Waals surface area contributed by atoms with Gasteiger partial charge in [-0.25, -0.2) is 9.37 Å². The summed E-state index contributed by atoms with van der Waals surface area (Å²) < 4.78 is 15.1. The van der Waals surface area contributed by atoms with E-state index in [9.17, 15) is 9.18 Å². The number of halogens is 2. The van der Waals surface area contributed by atoms with E-state index < -0.39 is 0 Å². The van der Waals surface area contributed by atoms with Crippen LogP contribution in [0.3, 0.4) is 0 Å². The number of thioether (sulfide) groups is 1. The number of nitrogens with zero attached hydrogens (tertiary/aromatic N) is 2. The van der Waals surface area contributed by atoms with Crippen LogP contribution in [0.15, 0.2) is 66.1 Å². The summed E-state index contributed by atoms with van der Waals surface area (Å²) in [4.78, 5) is 16.3. The minimum atomic E-state index is -0.317. The van der Waals surface area contributed by atoms with E-state index in [0.29, 0.717) is 22.4 Å². The first kappa shape index (κ1) is 17.5. The molecular formula is C18H15ClFN3OS. The van der Waals surface area contributed by atoms with E-state index in [1.807, 2.05) is 12.1 Å². The summed E-state index contributed by atoms with van der Waals surface area (Å²) in [6.07, 6.45) is 3.36. The molecule has 0 fully saturated rings. The lowest BCUT2D eigenvalue weighted by molar-refractivity contribution is -0.118. The summed E-state index contributed by atoms with van der Waals surface area (Å²) in [5.41, 5.74) is 1.64. The van der Waals surface area contributed by atoms with Crippen molar-refractivity contribution in [1.29, 1.82) is 0 Å². The zero-order valence-corrected chi connectivity index (χ0v) is 14.7. The topological polar surface area (TPSA) is 46.9 Å². The average molecular weight is 376 g/mol. The van der Waals surface area contributed by atoms with Gasteiger partial charge in [0.1, 0.15) is 5.82 Å². The van der Waals surface area contributed by atoms with Gasteiger partial charge in [-0.2, -0.15) is 0 Å². The number of nitrogens with one attached hydrogen (secondary N) is 1. The van der Waals surface area contributed by atoms with Gasteiger partial charge in [0.25, 0.3) is 0 Å². The molecule has 0 saturated carbocycles. The molecule has 1 amide bonds. The van der Waals surface area contributed by atoms with E-state index >= 15 is 0 Å². The number of carbonyl (C=O) groups is 1. The first-order valence-electron chi connectivity index (χ1n) is 7.55. The van der Waals surface area contributed by atoms with Gasteiger partial charge >= 0.3 is 0 Å². The Morgan fingerprint density at radius 2 is 2.04 bits per heavy atom. The highest BCUT2D eigenvalue weighted by molar-refractivity contribution is 7.99. The minimum absolute atomic E-state index is 0.103. The fraction of sp³-hybridized carbons (Fsp3) is 0.111. The summed E-state index contributed by atoms with van der Waals surface area (Å²) in [6, 6.07) is 13.5. The Morgan fingerprint density at radius 3 is 2.80 bits per heavy atom. The van der Waals surface area contributed by atoms with Crippen LogP contribution in [0.25, 0.3) is 5.69 Å². The Balaban J connectivity index is 1.56. The van der Waals surface area contributed by atoms with Gasteiger partial charge in [-0.15, -0.1) is 0 Å². The van der Waals surface area contributed by atoms with E-state index in [4.69, 9.17) is 11.6 Å². The van der Waals surface area contributed by atoms with Crippen molar-refractivity contribution in [3.8, 4) is 5.69 Å². The van der Waals surface area contributed by atoms with Crippen LogP contribution >= 0.6 is 23.4 Å². The number of imidazole rings is 1. The van der Waals surface area contributed by atoms with E-state index in [1.54, 1.807) is 41.2 Å². The van der Waals surface area contributed by atoms with Gasteiger partial charge < -0.3 is 5.32 Å². The fourth-order valence-corrected chi connectivity index (χ4v) is 3.13. The Bertz CT molecular complexity index is 867. The molecule has 3 aromatic rings. The maximum Gasteiger partial charge on any atom is 0.230 e. The van der Waals surface area contributed by atoms with Crippen LogP contribution < -0.4 is 5.32 Å². The molecule has 7 heteroatoms. The van der Waals surface area contributed by atoms with Crippen molar-refractivity contribution in [2.75, 3.05) is 5.75 Å². The summed E-state index contributed by atoms with van der Waals surface area (Å²) in [6.45, 7) is 0.439. The molecule has 25 heavy (non-hydrogen) atoms. The quantitative estimate of drug-likeness (QED) is 0.660. The fourth-order valence-electron chi connectivity index (χ4n) is 2.20. The number of hydrogen-bond acceptors (Lipinski definition) is 3. The third-order valence-electron chi connectivity index (χ3n) is 3.43. The van der Waals surface area contributed by atoms with Crippen LogP contribution in [0.2, 0.25) is 5.02 Å². The van der Waals surface area contributed by atoms with Crippen LogP contribution in [0.5, 0.6) is 0 Å². The number of benzene rings is 2. The smallest absolute Gasteiger partial charge is 0.230 e. The molecular weight excluding hydrogens is 361 g/mol. The average Bonchev–Trinajstić information content (AvgIpc) is 3.08. The van der Waals surface area contributed by atoms with Crippen LogP contribution in [0, 0.1) is 5.82 Å². The van der Waals surface area contributed by atoms with Crippen molar-refractivity contribution >= 4 is 29.3 Å². The monoisotopic (exact) mass is 375 g/mol. The summed E-state index contributed by atoms with van der Waals surface area (Å²) in [7, 11) is 0. The number of carbonyl (C=O) groups excluding carboxylic acids is 1. The van der Waals surface area contributed by atoms with E-state index in [0.717, 1.165) is 5.56 Å². The number of amides is 1. The highest BCUT2D eigenvalue weighted by Gasteiger charge is 2.09. The second kappa shape index (κ2) is 8.18. The third-order valence-corrected chi connectivity index (χ3v) is 4.65. The van der Waals surface area contributed by atoms with Crippen molar-refractivity contribution in [2.45, 2.75) is 11.7 Å². The van der Waals surface area contributed by atoms with Gasteiger partial charge in [-0.3, -0.25) is 9.36 Å². The molecule has 4 nitrogen and oxygen atoms in total. The summed E-state index contributed by atoms with van der Waals surface area (Å²) in [5.74, 6) is -0.198. The Labute approximate surface area is 154 Å². The molecule has 0 aliphatic rings. The maximum absolute atomic E-state index is 13.4. The standard InChI is InChI=1S/C18H15ClFN3OS/c19-14-6-4-13(5-7-14)11-22-17(24)12-25-18-21-8-9-23(18)16-3-1-2-15(20)10-16/h1-10H,11-12H2,(H,22,24). The predicted molar refractivity (Wildman–Crippen MR) is 97.5 cm³/mol. The molecule has 0 saturated heterocycles. The van der Waals surface area contributed by atoms with Crippen molar-refractivity contribution in [2.24, 2.45) is 0 Å². The molecule has 128 valence electrons. The molecule has 0 aliphatic heterocycles. The molecule has 0 aliphatic carbocycles. The van der Waals surface area contributed by atoms with Gasteiger partial charge in [0, 0.05) is 24.0 Å². The summed E-state index contributed by atoms with van der Waals surface area (Å²) >= 11 is 7.13. The lowest BCUT2D eigenvalue weighted by Crippen LogP contribution is -2.24. The van der Waals surface area contributed by atoms with E-state index in [-0.39, 0.29) is 17.5 Å². The molecule has 0 atom stereocenters. The van der Waals surface area contributed by atoms with Crippen molar-refractivity contribution < 1.29 is 9.18 Å². The summed E-state index contributed by atoms with van der Waals surface area (Å²) in [5, 5.41) is 4.14. The number of hydrogen-bond donors (Lipinski definition) is 1. The maximum atomic E-state index is 13.4. The second-order valence-electron chi connectivity index (χ2n) is 5.25. The van der Waals surface area contributed by atoms with Crippen molar-refractivity contribution in [3.05, 3.63) is 77.3 Å². The van der Waals surface area contributed by atoms with Crippen molar-refractivity contribution in [1.82, 2.24) is 14.9 Å². The SMILES string of the molecule is O=C(CSc1nccn1-c1cccc(F)c1)NCc1ccc(Cl)cc1. The first-order valence-corrected chi connectivity index (χ1v) is 8.91. The highest BCUT2D eigenvalue weighted by atomic mass is 35.5. The largest absolute Gasteiger partial charge is 0.351 e. The highest BCUT2D eigenvalue weighted by Crippen LogP contribution is 2.20.